The first-order valence-corrected chi connectivity index (χ1v) is 11.2. The summed E-state index contributed by atoms with van der Waals surface area (Å²) in [4.78, 5) is 10.7. The highest BCUT2D eigenvalue weighted by Crippen LogP contribution is 2.43. The summed E-state index contributed by atoms with van der Waals surface area (Å²) in [5, 5.41) is 25.1. The molecule has 4 aromatic rings. The van der Waals surface area contributed by atoms with Crippen LogP contribution in [0.5, 0.6) is 5.75 Å². The quantitative estimate of drug-likeness (QED) is 0.182. The summed E-state index contributed by atoms with van der Waals surface area (Å²) in [6, 6.07) is 21.4. The summed E-state index contributed by atoms with van der Waals surface area (Å²) in [5.41, 5.74) is -2.87. The lowest BCUT2D eigenvalue weighted by atomic mass is 9.92. The predicted octanol–water partition coefficient (Wildman–Crippen LogP) is 5.02. The summed E-state index contributed by atoms with van der Waals surface area (Å²) in [5.74, 6) is 0.580. The second kappa shape index (κ2) is 10.4. The van der Waals surface area contributed by atoms with Gasteiger partial charge >= 0.3 is 6.18 Å². The fourth-order valence-electron chi connectivity index (χ4n) is 4.01. The van der Waals surface area contributed by atoms with Crippen LogP contribution in [0.4, 0.5) is 18.9 Å². The first-order valence-electron chi connectivity index (χ1n) is 11.2. The van der Waals surface area contributed by atoms with Crippen LogP contribution in [0.15, 0.2) is 85.1 Å². The number of nitrogens with one attached hydrogen (secondary N) is 1. The van der Waals surface area contributed by atoms with Crippen LogP contribution in [-0.2, 0) is 12.1 Å². The van der Waals surface area contributed by atoms with Crippen molar-refractivity contribution in [2.75, 3.05) is 19.7 Å². The van der Waals surface area contributed by atoms with Crippen LogP contribution >= 0.6 is 0 Å². The molecule has 0 aliphatic rings. The zero-order chi connectivity index (χ0) is 25.8. The zero-order valence-electron chi connectivity index (χ0n) is 19.1. The van der Waals surface area contributed by atoms with Gasteiger partial charge in [-0.2, -0.15) is 13.2 Å². The number of para-hydroxylation sites is 1. The molecular weight excluding hydrogens is 475 g/mol. The molecule has 0 bridgehead atoms. The normalized spacial score (nSPS) is 13.4. The van der Waals surface area contributed by atoms with Gasteiger partial charge in [0.2, 0.25) is 0 Å². The van der Waals surface area contributed by atoms with Gasteiger partial charge in [0.1, 0.15) is 12.4 Å². The number of non-ortho nitro benzene ring substituents is 1. The third-order valence-electron chi connectivity index (χ3n) is 5.86. The van der Waals surface area contributed by atoms with E-state index in [-0.39, 0.29) is 41.9 Å². The van der Waals surface area contributed by atoms with E-state index in [4.69, 9.17) is 4.74 Å². The highest BCUT2D eigenvalue weighted by molar-refractivity contribution is 5.87. The van der Waals surface area contributed by atoms with Crippen LogP contribution in [0.1, 0.15) is 11.1 Å². The van der Waals surface area contributed by atoms with Gasteiger partial charge in [0.15, 0.2) is 5.60 Å². The third kappa shape index (κ3) is 5.34. The van der Waals surface area contributed by atoms with Crippen LogP contribution < -0.4 is 10.1 Å². The number of benzene rings is 3. The lowest BCUT2D eigenvalue weighted by Gasteiger charge is -2.30. The Hall–Kier alpha value is -3.89. The molecule has 0 saturated heterocycles. The number of rotatable bonds is 10. The smallest absolute Gasteiger partial charge is 0.422 e. The van der Waals surface area contributed by atoms with E-state index < -0.39 is 23.2 Å². The molecule has 36 heavy (non-hydrogen) atoms. The molecule has 0 radical (unpaired) electrons. The molecule has 3 aromatic carbocycles. The molecule has 7 nitrogen and oxygen atoms in total. The van der Waals surface area contributed by atoms with Gasteiger partial charge in [-0.3, -0.25) is 10.1 Å². The Morgan fingerprint density at radius 1 is 1.00 bits per heavy atom. The van der Waals surface area contributed by atoms with Gasteiger partial charge in [0.05, 0.1) is 10.4 Å². The number of alkyl halides is 3. The van der Waals surface area contributed by atoms with Crippen LogP contribution in [0.3, 0.4) is 0 Å². The molecule has 1 heterocycles. The molecule has 0 aliphatic heterocycles. The molecular formula is C26H24F3N3O4. The molecule has 1 aromatic heterocycles. The summed E-state index contributed by atoms with van der Waals surface area (Å²) in [6.07, 6.45) is -3.80. The van der Waals surface area contributed by atoms with Crippen LogP contribution in [0.2, 0.25) is 0 Å². The Bertz CT molecular complexity index is 1330. The van der Waals surface area contributed by atoms with Gasteiger partial charge in [0, 0.05) is 48.9 Å². The molecule has 10 heteroatoms. The largest absolute Gasteiger partial charge is 0.492 e. The van der Waals surface area contributed by atoms with Gasteiger partial charge in [-0.05, 0) is 23.8 Å². The first-order chi connectivity index (χ1) is 17.2. The number of hydrogen-bond acceptors (Lipinski definition) is 5. The average molecular weight is 499 g/mol. The number of nitro benzene ring substituents is 1. The molecule has 0 spiro atoms. The first kappa shape index (κ1) is 25.2. The molecule has 188 valence electrons. The van der Waals surface area contributed by atoms with Crippen molar-refractivity contribution in [1.29, 1.82) is 0 Å². The van der Waals surface area contributed by atoms with Crippen molar-refractivity contribution in [3.8, 4) is 5.75 Å². The molecule has 0 saturated carbocycles. The van der Waals surface area contributed by atoms with Gasteiger partial charge in [-0.25, -0.2) is 0 Å². The molecule has 1 unspecified atom stereocenters. The second-order valence-corrected chi connectivity index (χ2v) is 8.31. The number of aromatic nitrogens is 1. The fraction of sp³-hybridized carbons (Fsp3) is 0.231. The van der Waals surface area contributed by atoms with Crippen molar-refractivity contribution in [2.24, 2.45) is 0 Å². The highest BCUT2D eigenvalue weighted by Gasteiger charge is 2.56. The summed E-state index contributed by atoms with van der Waals surface area (Å²) >= 11 is 0. The van der Waals surface area contributed by atoms with Crippen molar-refractivity contribution in [2.45, 2.75) is 18.3 Å². The number of aliphatic hydroxyl groups is 1. The topological polar surface area (TPSA) is 89.6 Å². The molecule has 0 aliphatic carbocycles. The van der Waals surface area contributed by atoms with E-state index in [1.807, 2.05) is 12.1 Å². The summed E-state index contributed by atoms with van der Waals surface area (Å²) in [6.45, 7) is -0.498. The maximum absolute atomic E-state index is 14.3. The summed E-state index contributed by atoms with van der Waals surface area (Å²) in [7, 11) is 0. The molecule has 4 rings (SSSR count). The Morgan fingerprint density at radius 2 is 1.67 bits per heavy atom. The SMILES string of the molecule is O=[N+]([O-])c1ccc2c(C(O)(CNCCOc3ccccc3)C(F)(F)F)cn(Cc3ccccc3)c2c1. The monoisotopic (exact) mass is 499 g/mol. The van der Waals surface area contributed by atoms with Gasteiger partial charge in [0.25, 0.3) is 5.69 Å². The summed E-state index contributed by atoms with van der Waals surface area (Å²) < 4.78 is 49.9. The molecule has 2 N–H and O–H groups in total. The number of hydrogen-bond donors (Lipinski definition) is 2. The van der Waals surface area contributed by atoms with Gasteiger partial charge < -0.3 is 19.7 Å². The van der Waals surface area contributed by atoms with Crippen molar-refractivity contribution in [3.05, 3.63) is 106 Å². The number of ether oxygens (including phenoxy) is 1. The zero-order valence-corrected chi connectivity index (χ0v) is 19.1. The van der Waals surface area contributed by atoms with Crippen LogP contribution in [0, 0.1) is 10.1 Å². The van der Waals surface area contributed by atoms with Crippen LogP contribution in [0.25, 0.3) is 10.9 Å². The predicted molar refractivity (Wildman–Crippen MR) is 129 cm³/mol. The minimum Gasteiger partial charge on any atom is -0.492 e. The van der Waals surface area contributed by atoms with Crippen LogP contribution in [-0.4, -0.2) is 40.5 Å². The van der Waals surface area contributed by atoms with Crippen molar-refractivity contribution < 1.29 is 27.9 Å². The number of nitro groups is 1. The van der Waals surface area contributed by atoms with E-state index in [0.29, 0.717) is 5.75 Å². The van der Waals surface area contributed by atoms with Crippen molar-refractivity contribution in [1.82, 2.24) is 9.88 Å². The van der Waals surface area contributed by atoms with Crippen molar-refractivity contribution >= 4 is 16.6 Å². The Morgan fingerprint density at radius 3 is 2.31 bits per heavy atom. The maximum atomic E-state index is 14.3. The standard InChI is InChI=1S/C26H24F3N3O4/c27-26(28,29)25(33,18-30-13-14-36-21-9-5-2-6-10-21)23-17-31(16-19-7-3-1-4-8-19)24-15-20(32(34)35)11-12-22(23)24/h1-12,15,17,30,33H,13-14,16,18H2. The maximum Gasteiger partial charge on any atom is 0.422 e. The highest BCUT2D eigenvalue weighted by atomic mass is 19.4. The molecule has 0 amide bonds. The number of halogens is 3. The second-order valence-electron chi connectivity index (χ2n) is 8.31. The minimum absolute atomic E-state index is 0.0570. The van der Waals surface area contributed by atoms with E-state index >= 15 is 0 Å². The van der Waals surface area contributed by atoms with Gasteiger partial charge in [-0.15, -0.1) is 0 Å². The Kier molecular flexibility index (Phi) is 7.27. The van der Waals surface area contributed by atoms with Crippen molar-refractivity contribution in [3.63, 3.8) is 0 Å². The van der Waals surface area contributed by atoms with Gasteiger partial charge in [-0.1, -0.05) is 48.5 Å². The average Bonchev–Trinajstić information content (AvgIpc) is 3.22. The van der Waals surface area contributed by atoms with E-state index in [1.54, 1.807) is 48.5 Å². The lowest BCUT2D eigenvalue weighted by molar-refractivity contribution is -0.384. The Balaban J connectivity index is 1.64. The molecule has 0 fully saturated rings. The fourth-order valence-corrected chi connectivity index (χ4v) is 4.01. The molecule has 1 atom stereocenters. The lowest BCUT2D eigenvalue weighted by Crippen LogP contribution is -2.50. The third-order valence-corrected chi connectivity index (χ3v) is 5.86. The Labute approximate surface area is 204 Å². The number of fused-ring (bicyclic) bond motifs is 1. The van der Waals surface area contributed by atoms with E-state index in [0.717, 1.165) is 11.6 Å². The van der Waals surface area contributed by atoms with E-state index in [2.05, 4.69) is 5.32 Å². The minimum atomic E-state index is -5.02. The van der Waals surface area contributed by atoms with E-state index in [1.165, 1.54) is 22.9 Å². The number of nitrogens with zero attached hydrogens (tertiary/aromatic N) is 2. The van der Waals surface area contributed by atoms with E-state index in [9.17, 15) is 28.4 Å².